The molecule has 0 amide bonds. The normalized spacial score (nSPS) is 10.0. The zero-order valence-corrected chi connectivity index (χ0v) is 10.7. The number of rotatable bonds is 4. The number of esters is 1. The maximum Gasteiger partial charge on any atom is 0.305 e. The topological polar surface area (TPSA) is 46.5 Å². The lowest BCUT2D eigenvalue weighted by Gasteiger charge is -2.05. The first-order chi connectivity index (χ1) is 7.15. The zero-order valence-electron chi connectivity index (χ0n) is 8.50. The number of hydrogen-bond acceptors (Lipinski definition) is 3. The second-order valence-corrected chi connectivity index (χ2v) is 4.34. The summed E-state index contributed by atoms with van der Waals surface area (Å²) >= 11 is 2.08. The molecule has 0 aliphatic carbocycles. The summed E-state index contributed by atoms with van der Waals surface area (Å²) in [5.74, 6) is 0.114. The molecule has 0 aliphatic heterocycles. The van der Waals surface area contributed by atoms with E-state index >= 15 is 0 Å². The Hall–Kier alpha value is -0.780. The van der Waals surface area contributed by atoms with Gasteiger partial charge in [-0.3, -0.25) is 4.79 Å². The van der Waals surface area contributed by atoms with Crippen LogP contribution in [-0.4, -0.2) is 18.2 Å². The highest BCUT2D eigenvalue weighted by atomic mass is 127. The molecule has 1 aromatic rings. The van der Waals surface area contributed by atoms with Crippen LogP contribution in [0.5, 0.6) is 5.75 Å². The van der Waals surface area contributed by atoms with E-state index in [0.717, 1.165) is 9.13 Å². The Morgan fingerprint density at radius 1 is 1.53 bits per heavy atom. The molecule has 15 heavy (non-hydrogen) atoms. The largest absolute Gasteiger partial charge is 0.507 e. The van der Waals surface area contributed by atoms with Gasteiger partial charge in [-0.05, 0) is 47.1 Å². The highest BCUT2D eigenvalue weighted by molar-refractivity contribution is 14.1. The van der Waals surface area contributed by atoms with Crippen molar-refractivity contribution in [2.45, 2.75) is 19.3 Å². The molecular weight excluding hydrogens is 307 g/mol. The van der Waals surface area contributed by atoms with Crippen LogP contribution >= 0.6 is 22.6 Å². The van der Waals surface area contributed by atoms with Gasteiger partial charge in [-0.2, -0.15) is 0 Å². The number of phenols is 1. The molecule has 0 saturated heterocycles. The lowest BCUT2D eigenvalue weighted by molar-refractivity contribution is -0.140. The van der Waals surface area contributed by atoms with Gasteiger partial charge < -0.3 is 9.84 Å². The van der Waals surface area contributed by atoms with Crippen molar-refractivity contribution in [3.8, 4) is 5.75 Å². The Kier molecular flexibility index (Phi) is 4.87. The van der Waals surface area contributed by atoms with E-state index in [9.17, 15) is 9.90 Å². The smallest absolute Gasteiger partial charge is 0.305 e. The molecule has 4 heteroatoms. The molecule has 0 bridgehead atoms. The van der Waals surface area contributed by atoms with Crippen LogP contribution < -0.4 is 0 Å². The molecule has 0 fully saturated rings. The maximum atomic E-state index is 10.9. The Morgan fingerprint density at radius 3 is 2.93 bits per heavy atom. The number of aryl methyl sites for hydroxylation is 1. The lowest BCUT2D eigenvalue weighted by Crippen LogP contribution is -2.00. The molecule has 0 saturated carbocycles. The third-order valence-electron chi connectivity index (χ3n) is 2.13. The average molecular weight is 320 g/mol. The Labute approximate surface area is 103 Å². The quantitative estimate of drug-likeness (QED) is 0.685. The number of methoxy groups -OCH3 is 1. The molecule has 0 radical (unpaired) electrons. The van der Waals surface area contributed by atoms with Crippen molar-refractivity contribution in [1.82, 2.24) is 0 Å². The summed E-state index contributed by atoms with van der Waals surface area (Å²) in [5, 5.41) is 9.70. The van der Waals surface area contributed by atoms with Gasteiger partial charge in [0.15, 0.2) is 0 Å². The molecule has 1 aromatic carbocycles. The Morgan fingerprint density at radius 2 is 2.27 bits per heavy atom. The minimum atomic E-state index is -0.208. The van der Waals surface area contributed by atoms with Gasteiger partial charge in [0.25, 0.3) is 0 Å². The monoisotopic (exact) mass is 320 g/mol. The molecule has 0 aromatic heterocycles. The fourth-order valence-electron chi connectivity index (χ4n) is 1.29. The number of para-hydroxylation sites is 1. The van der Waals surface area contributed by atoms with Crippen molar-refractivity contribution < 1.29 is 14.6 Å². The van der Waals surface area contributed by atoms with Crippen molar-refractivity contribution in [3.05, 3.63) is 27.3 Å². The molecular formula is C11H13IO3. The van der Waals surface area contributed by atoms with E-state index in [1.165, 1.54) is 7.11 Å². The van der Waals surface area contributed by atoms with Crippen LogP contribution in [0.2, 0.25) is 0 Å². The Balaban J connectivity index is 2.51. The number of hydrogen-bond donors (Lipinski definition) is 1. The second kappa shape index (κ2) is 5.95. The van der Waals surface area contributed by atoms with E-state index in [-0.39, 0.29) is 5.97 Å². The third-order valence-corrected chi connectivity index (χ3v) is 3.00. The van der Waals surface area contributed by atoms with Crippen molar-refractivity contribution in [2.24, 2.45) is 0 Å². The van der Waals surface area contributed by atoms with Gasteiger partial charge in [0.2, 0.25) is 0 Å². The Bertz CT molecular complexity index is 350. The molecule has 0 aliphatic rings. The zero-order chi connectivity index (χ0) is 11.3. The molecule has 1 rings (SSSR count). The maximum absolute atomic E-state index is 10.9. The molecule has 1 N–H and O–H groups in total. The number of halogens is 1. The van der Waals surface area contributed by atoms with Crippen molar-refractivity contribution >= 4 is 28.6 Å². The molecule has 0 unspecified atom stereocenters. The van der Waals surface area contributed by atoms with Crippen LogP contribution in [-0.2, 0) is 16.0 Å². The average Bonchev–Trinajstić information content (AvgIpc) is 2.24. The summed E-state index contributed by atoms with van der Waals surface area (Å²) < 4.78 is 5.38. The van der Waals surface area contributed by atoms with Gasteiger partial charge in [0, 0.05) is 6.42 Å². The first-order valence-corrected chi connectivity index (χ1v) is 5.76. The summed E-state index contributed by atoms with van der Waals surface area (Å²) in [6, 6.07) is 5.61. The molecule has 0 heterocycles. The third kappa shape index (κ3) is 3.70. The van der Waals surface area contributed by atoms with E-state index in [1.54, 1.807) is 0 Å². The highest BCUT2D eigenvalue weighted by Gasteiger charge is 2.06. The van der Waals surface area contributed by atoms with Crippen LogP contribution in [0.25, 0.3) is 0 Å². The summed E-state index contributed by atoms with van der Waals surface area (Å²) in [5.41, 5.74) is 0.880. The van der Waals surface area contributed by atoms with Gasteiger partial charge in [0.1, 0.15) is 5.75 Å². The van der Waals surface area contributed by atoms with E-state index in [0.29, 0.717) is 25.0 Å². The van der Waals surface area contributed by atoms with E-state index in [2.05, 4.69) is 27.3 Å². The molecule has 82 valence electrons. The van der Waals surface area contributed by atoms with Gasteiger partial charge in [-0.1, -0.05) is 12.1 Å². The van der Waals surface area contributed by atoms with Crippen molar-refractivity contribution in [3.63, 3.8) is 0 Å². The number of carbonyl (C=O) groups is 1. The van der Waals surface area contributed by atoms with Crippen LogP contribution in [0, 0.1) is 3.57 Å². The molecule has 0 atom stereocenters. The van der Waals surface area contributed by atoms with Gasteiger partial charge in [0.05, 0.1) is 10.7 Å². The van der Waals surface area contributed by atoms with Crippen LogP contribution in [0.15, 0.2) is 18.2 Å². The standard InChI is InChI=1S/C11H13IO3/c1-15-10(13)7-3-5-8-4-2-6-9(12)11(8)14/h2,4,6,14H,3,5,7H2,1H3. The molecule has 3 nitrogen and oxygen atoms in total. The predicted molar refractivity (Wildman–Crippen MR) is 65.8 cm³/mol. The number of aromatic hydroxyl groups is 1. The van der Waals surface area contributed by atoms with Gasteiger partial charge >= 0.3 is 5.97 Å². The number of ether oxygens (including phenoxy) is 1. The summed E-state index contributed by atoms with van der Waals surface area (Å²) in [6.45, 7) is 0. The van der Waals surface area contributed by atoms with Gasteiger partial charge in [-0.15, -0.1) is 0 Å². The fourth-order valence-corrected chi connectivity index (χ4v) is 1.84. The number of benzene rings is 1. The summed E-state index contributed by atoms with van der Waals surface area (Å²) in [6.07, 6.45) is 1.78. The lowest BCUT2D eigenvalue weighted by atomic mass is 10.1. The minimum Gasteiger partial charge on any atom is -0.507 e. The fraction of sp³-hybridized carbons (Fsp3) is 0.364. The predicted octanol–water partition coefficient (Wildman–Crippen LogP) is 2.49. The first kappa shape index (κ1) is 12.3. The molecule has 0 spiro atoms. The van der Waals surface area contributed by atoms with Crippen LogP contribution in [0.3, 0.4) is 0 Å². The van der Waals surface area contributed by atoms with E-state index in [1.807, 2.05) is 18.2 Å². The number of carbonyl (C=O) groups excluding carboxylic acids is 1. The summed E-state index contributed by atoms with van der Waals surface area (Å²) in [7, 11) is 1.38. The van der Waals surface area contributed by atoms with E-state index < -0.39 is 0 Å². The first-order valence-electron chi connectivity index (χ1n) is 4.68. The van der Waals surface area contributed by atoms with Crippen molar-refractivity contribution in [2.75, 3.05) is 7.11 Å². The highest BCUT2D eigenvalue weighted by Crippen LogP contribution is 2.25. The van der Waals surface area contributed by atoms with Crippen LogP contribution in [0.1, 0.15) is 18.4 Å². The SMILES string of the molecule is COC(=O)CCCc1cccc(I)c1O. The van der Waals surface area contributed by atoms with E-state index in [4.69, 9.17) is 0 Å². The second-order valence-electron chi connectivity index (χ2n) is 3.18. The van der Waals surface area contributed by atoms with Crippen molar-refractivity contribution in [1.29, 1.82) is 0 Å². The van der Waals surface area contributed by atoms with Gasteiger partial charge in [-0.25, -0.2) is 0 Å². The van der Waals surface area contributed by atoms with Crippen LogP contribution in [0.4, 0.5) is 0 Å². The minimum absolute atomic E-state index is 0.208. The summed E-state index contributed by atoms with van der Waals surface area (Å²) in [4.78, 5) is 10.9. The number of phenolic OH excluding ortho intramolecular Hbond substituents is 1.